The van der Waals surface area contributed by atoms with Crippen LogP contribution in [-0.4, -0.2) is 41.8 Å². The molecule has 8 heteroatoms. The average molecular weight is 345 g/mol. The van der Waals surface area contributed by atoms with E-state index < -0.39 is 23.2 Å². The number of H-pyrrole nitrogens is 1. The van der Waals surface area contributed by atoms with Crippen LogP contribution in [0.15, 0.2) is 24.3 Å². The van der Waals surface area contributed by atoms with Crippen molar-refractivity contribution in [1.82, 2.24) is 15.4 Å². The predicted octanol–water partition coefficient (Wildman–Crippen LogP) is 2.72. The first-order valence-electron chi connectivity index (χ1n) is 7.62. The molecule has 3 rings (SSSR count). The van der Waals surface area contributed by atoms with Gasteiger partial charge in [0.25, 0.3) is 0 Å². The molecule has 0 unspecified atom stereocenters. The van der Waals surface area contributed by atoms with E-state index >= 15 is 0 Å². The van der Waals surface area contributed by atoms with Crippen LogP contribution in [0.4, 0.5) is 0 Å². The zero-order chi connectivity index (χ0) is 18.6. The van der Waals surface area contributed by atoms with E-state index in [4.69, 9.17) is 10.2 Å². The number of aromatic amines is 1. The van der Waals surface area contributed by atoms with Crippen molar-refractivity contribution in [2.75, 3.05) is 0 Å². The Morgan fingerprint density at radius 1 is 1.16 bits per heavy atom. The Morgan fingerprint density at radius 2 is 1.88 bits per heavy atom. The van der Waals surface area contributed by atoms with Gasteiger partial charge in [-0.1, -0.05) is 24.6 Å². The third-order valence-electron chi connectivity index (χ3n) is 3.57. The molecule has 0 aliphatic rings. The predicted molar refractivity (Wildman–Crippen MR) is 91.0 cm³/mol. The molecule has 2 aromatic carbocycles. The first-order chi connectivity index (χ1) is 11.8. The van der Waals surface area contributed by atoms with E-state index in [1.165, 1.54) is 5.56 Å². The molecule has 0 atom stereocenters. The van der Waals surface area contributed by atoms with Gasteiger partial charge in [-0.3, -0.25) is 5.10 Å². The van der Waals surface area contributed by atoms with Crippen molar-refractivity contribution < 1.29 is 25.2 Å². The highest BCUT2D eigenvalue weighted by molar-refractivity contribution is 5.91. The van der Waals surface area contributed by atoms with Crippen LogP contribution in [-0.2, 0) is 6.42 Å². The van der Waals surface area contributed by atoms with Crippen LogP contribution in [0.25, 0.3) is 11.0 Å². The second-order valence-corrected chi connectivity index (χ2v) is 5.51. The molecule has 1 aromatic heterocycles. The number of aromatic hydroxyl groups is 3. The first kappa shape index (κ1) is 18.1. The normalized spacial score (nSPS) is 10.3. The highest BCUT2D eigenvalue weighted by Gasteiger charge is 2.19. The van der Waals surface area contributed by atoms with Crippen LogP contribution in [0.5, 0.6) is 17.2 Å². The maximum Gasteiger partial charge on any atom is 0.336 e. The summed E-state index contributed by atoms with van der Waals surface area (Å²) in [6.07, 6.45) is 0.944. The second kappa shape index (κ2) is 7.52. The minimum absolute atomic E-state index is 0.139. The molecule has 0 spiro atoms. The lowest BCUT2D eigenvalue weighted by atomic mass is 10.0. The van der Waals surface area contributed by atoms with Crippen LogP contribution in [0.1, 0.15) is 34.8 Å². The molecule has 1 heterocycles. The summed E-state index contributed by atoms with van der Waals surface area (Å²) in [6.45, 7) is 3.85. The van der Waals surface area contributed by atoms with Gasteiger partial charge in [0, 0.05) is 5.56 Å². The summed E-state index contributed by atoms with van der Waals surface area (Å²) < 4.78 is 0. The maximum absolute atomic E-state index is 10.8. The number of rotatable bonds is 3. The van der Waals surface area contributed by atoms with Crippen LogP contribution in [0.3, 0.4) is 0 Å². The molecular weight excluding hydrogens is 326 g/mol. The lowest BCUT2D eigenvalue weighted by Crippen LogP contribution is -2.02. The summed E-state index contributed by atoms with van der Waals surface area (Å²) in [6, 6.07) is 6.94. The summed E-state index contributed by atoms with van der Waals surface area (Å²) in [4.78, 5) is 10.8. The van der Waals surface area contributed by atoms with E-state index in [1.54, 1.807) is 0 Å². The number of aromatic carboxylic acids is 1. The Bertz CT molecular complexity index is 905. The minimum Gasteiger partial charge on any atom is -0.504 e. The number of aromatic nitrogens is 3. The van der Waals surface area contributed by atoms with Gasteiger partial charge in [0.1, 0.15) is 5.52 Å². The molecule has 132 valence electrons. The van der Waals surface area contributed by atoms with Crippen molar-refractivity contribution >= 4 is 17.0 Å². The van der Waals surface area contributed by atoms with Gasteiger partial charge in [0.2, 0.25) is 5.75 Å². The van der Waals surface area contributed by atoms with Crippen LogP contribution >= 0.6 is 0 Å². The van der Waals surface area contributed by atoms with Gasteiger partial charge in [-0.15, -0.1) is 5.10 Å². The Labute approximate surface area is 143 Å². The Balaban J connectivity index is 0.000000194. The molecule has 0 fully saturated rings. The largest absolute Gasteiger partial charge is 0.504 e. The molecule has 0 aliphatic heterocycles. The fourth-order valence-electron chi connectivity index (χ4n) is 2.33. The van der Waals surface area contributed by atoms with Gasteiger partial charge in [-0.05, 0) is 37.1 Å². The van der Waals surface area contributed by atoms with E-state index in [0.29, 0.717) is 12.8 Å². The number of nitrogens with zero attached hydrogens (tertiary/aromatic N) is 2. The van der Waals surface area contributed by atoms with Gasteiger partial charge >= 0.3 is 5.97 Å². The summed E-state index contributed by atoms with van der Waals surface area (Å²) >= 11 is 0. The molecule has 0 amide bonds. The number of aryl methyl sites for hydroxylation is 1. The molecule has 0 bridgehead atoms. The zero-order valence-electron chi connectivity index (χ0n) is 13.8. The highest BCUT2D eigenvalue weighted by atomic mass is 16.4. The van der Waals surface area contributed by atoms with Gasteiger partial charge in [0.15, 0.2) is 11.5 Å². The van der Waals surface area contributed by atoms with Crippen molar-refractivity contribution in [2.24, 2.45) is 0 Å². The minimum atomic E-state index is -1.25. The fraction of sp³-hybridized carbons (Fsp3) is 0.235. The first-order valence-corrected chi connectivity index (χ1v) is 7.62. The number of carbonyl (C=O) groups is 1. The van der Waals surface area contributed by atoms with Crippen molar-refractivity contribution in [2.45, 2.75) is 26.7 Å². The Morgan fingerprint density at radius 3 is 2.52 bits per heavy atom. The SMILES string of the molecule is CCCc1c(C(=O)O)cc(O)c(O)c1O.Cc1ccc2[nH]nnc2c1. The number of nitrogens with one attached hydrogen (secondary N) is 1. The molecule has 25 heavy (non-hydrogen) atoms. The van der Waals surface area contributed by atoms with Crippen LogP contribution in [0, 0.1) is 6.92 Å². The number of hydrogen-bond donors (Lipinski definition) is 5. The summed E-state index contributed by atoms with van der Waals surface area (Å²) in [7, 11) is 0. The summed E-state index contributed by atoms with van der Waals surface area (Å²) in [5, 5.41) is 47.0. The smallest absolute Gasteiger partial charge is 0.336 e. The number of carboxylic acid groups (broad SMARTS) is 1. The monoisotopic (exact) mass is 345 g/mol. The Kier molecular flexibility index (Phi) is 5.43. The molecule has 5 N–H and O–H groups in total. The molecule has 0 radical (unpaired) electrons. The average Bonchev–Trinajstić information content (AvgIpc) is 3.03. The van der Waals surface area contributed by atoms with Crippen LogP contribution < -0.4 is 0 Å². The molecule has 0 saturated carbocycles. The number of phenolic OH excluding ortho intramolecular Hbond substituents is 3. The molecule has 0 saturated heterocycles. The molecule has 8 nitrogen and oxygen atoms in total. The topological polar surface area (TPSA) is 140 Å². The van der Waals surface area contributed by atoms with E-state index in [0.717, 1.165) is 17.1 Å². The van der Waals surface area contributed by atoms with Gasteiger partial charge in [0.05, 0.1) is 11.1 Å². The van der Waals surface area contributed by atoms with Crippen molar-refractivity contribution in [3.63, 3.8) is 0 Å². The lowest BCUT2D eigenvalue weighted by molar-refractivity contribution is 0.0694. The number of benzene rings is 2. The molecule has 0 aliphatic carbocycles. The number of fused-ring (bicyclic) bond motifs is 1. The third-order valence-corrected chi connectivity index (χ3v) is 3.57. The summed E-state index contributed by atoms with van der Waals surface area (Å²) in [5.41, 5.74) is 3.08. The van der Waals surface area contributed by atoms with Gasteiger partial charge < -0.3 is 20.4 Å². The van der Waals surface area contributed by atoms with Gasteiger partial charge in [-0.2, -0.15) is 0 Å². The molecule has 3 aromatic rings. The van der Waals surface area contributed by atoms with Crippen molar-refractivity contribution in [3.05, 3.63) is 41.0 Å². The number of hydrogen-bond acceptors (Lipinski definition) is 6. The fourth-order valence-corrected chi connectivity index (χ4v) is 2.33. The lowest BCUT2D eigenvalue weighted by Gasteiger charge is -2.10. The maximum atomic E-state index is 10.8. The Hall–Kier alpha value is -3.29. The van der Waals surface area contributed by atoms with Crippen molar-refractivity contribution in [3.8, 4) is 17.2 Å². The number of carboxylic acids is 1. The molecular formula is C17H19N3O5. The van der Waals surface area contributed by atoms with Crippen molar-refractivity contribution in [1.29, 1.82) is 0 Å². The second-order valence-electron chi connectivity index (χ2n) is 5.51. The van der Waals surface area contributed by atoms with Crippen LogP contribution in [0.2, 0.25) is 0 Å². The zero-order valence-corrected chi connectivity index (χ0v) is 13.8. The number of phenols is 3. The van der Waals surface area contributed by atoms with E-state index in [2.05, 4.69) is 15.4 Å². The van der Waals surface area contributed by atoms with E-state index in [-0.39, 0.29) is 11.1 Å². The summed E-state index contributed by atoms with van der Waals surface area (Å²) in [5.74, 6) is -3.12. The van der Waals surface area contributed by atoms with E-state index in [9.17, 15) is 15.0 Å². The standard InChI is InChI=1S/C10H12O5.C7H7N3/c1-2-3-5-6(10(14)15)4-7(11)9(13)8(5)12;1-5-2-3-6-7(4-5)9-10-8-6/h4,11-13H,2-3H2,1H3,(H,14,15);2-4H,1H3,(H,8,9,10). The van der Waals surface area contributed by atoms with Gasteiger partial charge in [-0.25, -0.2) is 4.79 Å². The highest BCUT2D eigenvalue weighted by Crippen LogP contribution is 2.40. The van der Waals surface area contributed by atoms with E-state index in [1.807, 2.05) is 32.0 Å². The quantitative estimate of drug-likeness (QED) is 0.460. The third kappa shape index (κ3) is 3.97.